The minimum absolute atomic E-state index is 0.300. The molecule has 38 heavy (non-hydrogen) atoms. The van der Waals surface area contributed by atoms with Gasteiger partial charge in [0.05, 0.1) is 37.0 Å². The SMILES string of the molecule is COc1ccc(-c2ccc(-c3cccc(-c4ccc(-c5ccc(OC)cc5)c(C#N)n4)n3)nc2C#N)cc1. The number of pyridine rings is 3. The molecular formula is C31H21N5O2. The maximum atomic E-state index is 9.79. The highest BCUT2D eigenvalue weighted by atomic mass is 16.5. The summed E-state index contributed by atoms with van der Waals surface area (Å²) in [4.78, 5) is 13.9. The molecule has 0 saturated heterocycles. The van der Waals surface area contributed by atoms with Gasteiger partial charge in [-0.2, -0.15) is 10.5 Å². The van der Waals surface area contributed by atoms with E-state index in [2.05, 4.69) is 22.1 Å². The van der Waals surface area contributed by atoms with Gasteiger partial charge >= 0.3 is 0 Å². The van der Waals surface area contributed by atoms with Gasteiger partial charge in [0, 0.05) is 11.1 Å². The van der Waals surface area contributed by atoms with Crippen molar-refractivity contribution in [2.75, 3.05) is 14.2 Å². The average Bonchev–Trinajstić information content (AvgIpc) is 3.00. The Bertz CT molecular complexity index is 1580. The first-order chi connectivity index (χ1) is 18.6. The molecule has 0 bridgehead atoms. The third-order valence-corrected chi connectivity index (χ3v) is 6.08. The Kier molecular flexibility index (Phi) is 6.75. The van der Waals surface area contributed by atoms with Gasteiger partial charge in [0.2, 0.25) is 0 Å². The summed E-state index contributed by atoms with van der Waals surface area (Å²) < 4.78 is 10.4. The molecule has 0 saturated carbocycles. The van der Waals surface area contributed by atoms with Crippen LogP contribution in [0.3, 0.4) is 0 Å². The molecule has 0 fully saturated rings. The Hall–Kier alpha value is -5.53. The Morgan fingerprint density at radius 3 is 1.26 bits per heavy atom. The number of nitriles is 2. The van der Waals surface area contributed by atoms with Crippen LogP contribution in [-0.2, 0) is 0 Å². The summed E-state index contributed by atoms with van der Waals surface area (Å²) in [5, 5.41) is 19.6. The molecule has 0 unspecified atom stereocenters. The second-order valence-electron chi connectivity index (χ2n) is 8.27. The van der Waals surface area contributed by atoms with Crippen molar-refractivity contribution in [3.63, 3.8) is 0 Å². The number of methoxy groups -OCH3 is 2. The second-order valence-corrected chi connectivity index (χ2v) is 8.27. The van der Waals surface area contributed by atoms with Crippen LogP contribution in [0.15, 0.2) is 91.0 Å². The number of hydrogen-bond donors (Lipinski definition) is 0. The minimum Gasteiger partial charge on any atom is -0.497 e. The Labute approximate surface area is 220 Å². The molecule has 0 spiro atoms. The van der Waals surface area contributed by atoms with Crippen LogP contribution in [0.25, 0.3) is 45.0 Å². The summed E-state index contributed by atoms with van der Waals surface area (Å²) in [5.74, 6) is 1.48. The Morgan fingerprint density at radius 1 is 0.500 bits per heavy atom. The van der Waals surface area contributed by atoms with Crippen molar-refractivity contribution in [3.8, 4) is 68.7 Å². The molecule has 7 heteroatoms. The fourth-order valence-corrected chi connectivity index (χ4v) is 4.10. The van der Waals surface area contributed by atoms with Gasteiger partial charge in [-0.15, -0.1) is 0 Å². The topological polar surface area (TPSA) is 105 Å². The van der Waals surface area contributed by atoms with E-state index in [1.807, 2.05) is 91.0 Å². The van der Waals surface area contributed by atoms with Crippen molar-refractivity contribution in [2.24, 2.45) is 0 Å². The van der Waals surface area contributed by atoms with Crippen LogP contribution in [0.4, 0.5) is 0 Å². The zero-order chi connectivity index (χ0) is 26.5. The lowest BCUT2D eigenvalue weighted by Crippen LogP contribution is -1.97. The molecule has 3 aromatic heterocycles. The molecule has 7 nitrogen and oxygen atoms in total. The van der Waals surface area contributed by atoms with E-state index >= 15 is 0 Å². The van der Waals surface area contributed by atoms with E-state index in [1.54, 1.807) is 14.2 Å². The van der Waals surface area contributed by atoms with Crippen LogP contribution in [0.5, 0.6) is 11.5 Å². The summed E-state index contributed by atoms with van der Waals surface area (Å²) in [6.07, 6.45) is 0. The number of hydrogen-bond acceptors (Lipinski definition) is 7. The highest BCUT2D eigenvalue weighted by Crippen LogP contribution is 2.30. The molecule has 2 aromatic carbocycles. The lowest BCUT2D eigenvalue weighted by molar-refractivity contribution is 0.415. The van der Waals surface area contributed by atoms with Gasteiger partial charge in [0.25, 0.3) is 0 Å². The molecule has 0 aliphatic rings. The highest BCUT2D eigenvalue weighted by molar-refractivity contribution is 5.74. The van der Waals surface area contributed by atoms with Gasteiger partial charge in [0.15, 0.2) is 0 Å². The first kappa shape index (κ1) is 24.2. The van der Waals surface area contributed by atoms with Crippen molar-refractivity contribution in [1.82, 2.24) is 15.0 Å². The predicted molar refractivity (Wildman–Crippen MR) is 144 cm³/mol. The summed E-state index contributed by atoms with van der Waals surface area (Å²) >= 11 is 0. The van der Waals surface area contributed by atoms with Crippen molar-refractivity contribution in [1.29, 1.82) is 10.5 Å². The molecule has 0 aliphatic carbocycles. The molecule has 0 amide bonds. The quantitative estimate of drug-likeness (QED) is 0.272. The molecular weight excluding hydrogens is 474 g/mol. The largest absolute Gasteiger partial charge is 0.497 e. The van der Waals surface area contributed by atoms with E-state index in [-0.39, 0.29) is 0 Å². The van der Waals surface area contributed by atoms with Crippen LogP contribution in [0.1, 0.15) is 11.4 Å². The van der Waals surface area contributed by atoms with Crippen molar-refractivity contribution in [3.05, 3.63) is 102 Å². The smallest absolute Gasteiger partial charge is 0.149 e. The van der Waals surface area contributed by atoms with Crippen LogP contribution in [0, 0.1) is 22.7 Å². The van der Waals surface area contributed by atoms with E-state index in [1.165, 1.54) is 0 Å². The predicted octanol–water partition coefficient (Wildman–Crippen LogP) is 6.30. The second kappa shape index (κ2) is 10.6. The standard InChI is InChI=1S/C31H21N5O2/c1-37-22-10-6-20(7-11-22)24-14-16-28(35-30(24)18-32)26-4-3-5-27(34-26)29-17-15-25(31(19-33)36-29)21-8-12-23(38-2)13-9-21/h3-17H,1-2H3. The van der Waals surface area contributed by atoms with E-state index in [9.17, 15) is 10.5 Å². The van der Waals surface area contributed by atoms with E-state index in [0.717, 1.165) is 33.8 Å². The van der Waals surface area contributed by atoms with Gasteiger partial charge in [-0.25, -0.2) is 15.0 Å². The molecule has 3 heterocycles. The fraction of sp³-hybridized carbons (Fsp3) is 0.0645. The zero-order valence-corrected chi connectivity index (χ0v) is 20.7. The van der Waals surface area contributed by atoms with Crippen molar-refractivity contribution >= 4 is 0 Å². The summed E-state index contributed by atoms with van der Waals surface area (Å²) in [5.41, 5.74) is 6.12. The van der Waals surface area contributed by atoms with E-state index < -0.39 is 0 Å². The normalized spacial score (nSPS) is 10.3. The maximum absolute atomic E-state index is 9.79. The first-order valence-electron chi connectivity index (χ1n) is 11.7. The molecule has 5 rings (SSSR count). The van der Waals surface area contributed by atoms with Crippen LogP contribution < -0.4 is 9.47 Å². The lowest BCUT2D eigenvalue weighted by Gasteiger charge is -2.10. The third kappa shape index (κ3) is 4.77. The van der Waals surface area contributed by atoms with E-state index in [0.29, 0.717) is 34.2 Å². The number of benzene rings is 2. The van der Waals surface area contributed by atoms with Gasteiger partial charge in [-0.3, -0.25) is 0 Å². The number of nitrogens with zero attached hydrogens (tertiary/aromatic N) is 5. The third-order valence-electron chi connectivity index (χ3n) is 6.08. The van der Waals surface area contributed by atoms with Crippen molar-refractivity contribution in [2.45, 2.75) is 0 Å². The fourth-order valence-electron chi connectivity index (χ4n) is 4.10. The number of ether oxygens (including phenoxy) is 2. The molecule has 0 N–H and O–H groups in total. The first-order valence-corrected chi connectivity index (χ1v) is 11.7. The summed E-state index contributed by atoms with van der Waals surface area (Å²) in [7, 11) is 3.22. The molecule has 0 atom stereocenters. The minimum atomic E-state index is 0.300. The molecule has 5 aromatic rings. The van der Waals surface area contributed by atoms with Crippen LogP contribution >= 0.6 is 0 Å². The highest BCUT2D eigenvalue weighted by Gasteiger charge is 2.13. The number of aromatic nitrogens is 3. The van der Waals surface area contributed by atoms with Gasteiger partial charge in [-0.1, -0.05) is 30.3 Å². The van der Waals surface area contributed by atoms with Crippen LogP contribution in [-0.4, -0.2) is 29.2 Å². The van der Waals surface area contributed by atoms with Gasteiger partial charge in [-0.05, 0) is 71.8 Å². The van der Waals surface area contributed by atoms with Crippen molar-refractivity contribution < 1.29 is 9.47 Å². The number of rotatable bonds is 6. The average molecular weight is 496 g/mol. The summed E-state index contributed by atoms with van der Waals surface area (Å²) in [6.45, 7) is 0. The van der Waals surface area contributed by atoms with Gasteiger partial charge < -0.3 is 9.47 Å². The Morgan fingerprint density at radius 2 is 0.895 bits per heavy atom. The molecule has 182 valence electrons. The monoisotopic (exact) mass is 495 g/mol. The Balaban J connectivity index is 1.48. The van der Waals surface area contributed by atoms with Gasteiger partial charge in [0.1, 0.15) is 35.0 Å². The molecule has 0 aliphatic heterocycles. The van der Waals surface area contributed by atoms with Crippen LogP contribution in [0.2, 0.25) is 0 Å². The summed E-state index contributed by atoms with van der Waals surface area (Å²) in [6, 6.07) is 32.3. The molecule has 0 radical (unpaired) electrons. The van der Waals surface area contributed by atoms with E-state index in [4.69, 9.17) is 14.5 Å². The lowest BCUT2D eigenvalue weighted by atomic mass is 10.0. The maximum Gasteiger partial charge on any atom is 0.149 e. The zero-order valence-electron chi connectivity index (χ0n) is 20.7.